The lowest BCUT2D eigenvalue weighted by molar-refractivity contribution is -0.139. The van der Waals surface area contributed by atoms with E-state index in [0.29, 0.717) is 12.4 Å². The summed E-state index contributed by atoms with van der Waals surface area (Å²) in [6.45, 7) is 2.24. The Morgan fingerprint density at radius 3 is 2.92 bits per heavy atom. The molecule has 0 aromatic rings. The fourth-order valence-electron chi connectivity index (χ4n) is 1.48. The molecule has 0 spiro atoms. The minimum Gasteiger partial charge on any atom is -0.465 e. The van der Waals surface area contributed by atoms with E-state index in [1.54, 1.807) is 6.92 Å². The van der Waals surface area contributed by atoms with Gasteiger partial charge in [0.2, 0.25) is 0 Å². The molecule has 1 fully saturated rings. The first-order valence-corrected chi connectivity index (χ1v) is 5.74. The highest BCUT2D eigenvalue weighted by molar-refractivity contribution is 8.00. The van der Waals surface area contributed by atoms with E-state index >= 15 is 0 Å². The van der Waals surface area contributed by atoms with E-state index in [2.05, 4.69) is 0 Å². The monoisotopic (exact) mass is 204 g/mol. The summed E-state index contributed by atoms with van der Waals surface area (Å²) in [5, 5.41) is 9.70. The van der Waals surface area contributed by atoms with Crippen molar-refractivity contribution in [2.45, 2.75) is 37.5 Å². The number of aliphatic hydroxyl groups excluding tert-OH is 1. The highest BCUT2D eigenvalue weighted by Gasteiger charge is 2.26. The highest BCUT2D eigenvalue weighted by atomic mass is 32.2. The standard InChI is InChI=1S/C9H16O3S/c1-2-12-9(11)6-13-8-5-3-4-7(8)10/h7-8,10H,2-6H2,1H3/t7-,8-/m0/s1. The zero-order chi connectivity index (χ0) is 9.68. The maximum atomic E-state index is 11.0. The van der Waals surface area contributed by atoms with E-state index in [1.807, 2.05) is 0 Å². The van der Waals surface area contributed by atoms with Crippen LogP contribution in [0.15, 0.2) is 0 Å². The van der Waals surface area contributed by atoms with Gasteiger partial charge in [-0.3, -0.25) is 4.79 Å². The summed E-state index contributed by atoms with van der Waals surface area (Å²) in [6.07, 6.45) is 2.74. The summed E-state index contributed by atoms with van der Waals surface area (Å²) in [4.78, 5) is 11.0. The average molecular weight is 204 g/mol. The van der Waals surface area contributed by atoms with Gasteiger partial charge in [0, 0.05) is 5.25 Å². The second kappa shape index (κ2) is 5.50. The third kappa shape index (κ3) is 3.56. The zero-order valence-corrected chi connectivity index (χ0v) is 8.68. The van der Waals surface area contributed by atoms with Crippen molar-refractivity contribution < 1.29 is 14.6 Å². The predicted octanol–water partition coefficient (Wildman–Crippen LogP) is 1.20. The van der Waals surface area contributed by atoms with Crippen molar-refractivity contribution in [1.82, 2.24) is 0 Å². The van der Waals surface area contributed by atoms with Crippen molar-refractivity contribution in [3.8, 4) is 0 Å². The first kappa shape index (κ1) is 10.9. The Hall–Kier alpha value is -0.220. The Morgan fingerprint density at radius 2 is 2.38 bits per heavy atom. The molecule has 0 aliphatic heterocycles. The molecule has 2 atom stereocenters. The van der Waals surface area contributed by atoms with Crippen molar-refractivity contribution in [1.29, 1.82) is 0 Å². The van der Waals surface area contributed by atoms with Gasteiger partial charge < -0.3 is 9.84 Å². The van der Waals surface area contributed by atoms with Crippen LogP contribution in [0.3, 0.4) is 0 Å². The van der Waals surface area contributed by atoms with Gasteiger partial charge in [-0.2, -0.15) is 0 Å². The van der Waals surface area contributed by atoms with E-state index in [-0.39, 0.29) is 17.3 Å². The molecule has 0 aromatic carbocycles. The molecule has 0 aromatic heterocycles. The van der Waals surface area contributed by atoms with Crippen LogP contribution in [-0.2, 0) is 9.53 Å². The highest BCUT2D eigenvalue weighted by Crippen LogP contribution is 2.29. The molecule has 76 valence electrons. The lowest BCUT2D eigenvalue weighted by Crippen LogP contribution is -2.18. The van der Waals surface area contributed by atoms with E-state index in [1.165, 1.54) is 11.8 Å². The number of aliphatic hydroxyl groups is 1. The largest absolute Gasteiger partial charge is 0.465 e. The lowest BCUT2D eigenvalue weighted by Gasteiger charge is -2.12. The summed E-state index contributed by atoms with van der Waals surface area (Å²) in [7, 11) is 0. The molecule has 0 bridgehead atoms. The summed E-state index contributed by atoms with van der Waals surface area (Å²) in [5.74, 6) is 0.196. The summed E-state index contributed by atoms with van der Waals surface area (Å²) >= 11 is 1.52. The third-order valence-corrected chi connectivity index (χ3v) is 3.52. The van der Waals surface area contributed by atoms with Gasteiger partial charge in [-0.25, -0.2) is 0 Å². The van der Waals surface area contributed by atoms with Crippen LogP contribution in [0.25, 0.3) is 0 Å². The Kier molecular flexibility index (Phi) is 4.59. The first-order valence-electron chi connectivity index (χ1n) is 4.69. The summed E-state index contributed by atoms with van der Waals surface area (Å²) in [5.41, 5.74) is 0. The molecule has 0 amide bonds. The fraction of sp³-hybridized carbons (Fsp3) is 0.889. The van der Waals surface area contributed by atoms with Crippen LogP contribution >= 0.6 is 11.8 Å². The number of hydrogen-bond donors (Lipinski definition) is 1. The van der Waals surface area contributed by atoms with Crippen molar-refractivity contribution in [2.24, 2.45) is 0 Å². The Morgan fingerprint density at radius 1 is 1.62 bits per heavy atom. The van der Waals surface area contributed by atoms with Gasteiger partial charge >= 0.3 is 5.97 Å². The number of thioether (sulfide) groups is 1. The third-order valence-electron chi connectivity index (χ3n) is 2.14. The van der Waals surface area contributed by atoms with Crippen LogP contribution in [-0.4, -0.2) is 34.8 Å². The molecule has 13 heavy (non-hydrogen) atoms. The number of rotatable bonds is 4. The van der Waals surface area contributed by atoms with Crippen molar-refractivity contribution in [2.75, 3.05) is 12.4 Å². The van der Waals surface area contributed by atoms with E-state index in [4.69, 9.17) is 4.74 Å². The summed E-state index contributed by atoms with van der Waals surface area (Å²) < 4.78 is 4.80. The number of carbonyl (C=O) groups is 1. The Balaban J connectivity index is 2.14. The number of carbonyl (C=O) groups excluding carboxylic acids is 1. The molecular weight excluding hydrogens is 188 g/mol. The topological polar surface area (TPSA) is 46.5 Å². The molecular formula is C9H16O3S. The van der Waals surface area contributed by atoms with Crippen molar-refractivity contribution in [3.05, 3.63) is 0 Å². The molecule has 4 heteroatoms. The van der Waals surface area contributed by atoms with Crippen LogP contribution < -0.4 is 0 Å². The number of ether oxygens (including phenoxy) is 1. The number of esters is 1. The second-order valence-electron chi connectivity index (χ2n) is 3.15. The fourth-order valence-corrected chi connectivity index (χ4v) is 2.60. The quantitative estimate of drug-likeness (QED) is 0.699. The molecule has 1 N–H and O–H groups in total. The van der Waals surface area contributed by atoms with Crippen molar-refractivity contribution in [3.63, 3.8) is 0 Å². The maximum absolute atomic E-state index is 11.0. The molecule has 0 radical (unpaired) electrons. The Labute approximate surface area is 82.8 Å². The minimum atomic E-state index is -0.223. The molecule has 1 saturated carbocycles. The molecule has 0 heterocycles. The lowest BCUT2D eigenvalue weighted by atomic mass is 10.3. The van der Waals surface area contributed by atoms with Gasteiger partial charge in [0.1, 0.15) is 0 Å². The van der Waals surface area contributed by atoms with Gasteiger partial charge in [-0.1, -0.05) is 0 Å². The van der Waals surface area contributed by atoms with Gasteiger partial charge in [-0.05, 0) is 26.2 Å². The van der Waals surface area contributed by atoms with Crippen LogP contribution in [0.1, 0.15) is 26.2 Å². The summed E-state index contributed by atoms with van der Waals surface area (Å²) in [6, 6.07) is 0. The van der Waals surface area contributed by atoms with E-state index in [9.17, 15) is 9.90 Å². The first-order chi connectivity index (χ1) is 6.24. The molecule has 1 aliphatic rings. The predicted molar refractivity (Wildman–Crippen MR) is 52.7 cm³/mol. The van der Waals surface area contributed by atoms with Gasteiger partial charge in [0.05, 0.1) is 18.5 Å². The van der Waals surface area contributed by atoms with Gasteiger partial charge in [-0.15, -0.1) is 11.8 Å². The van der Waals surface area contributed by atoms with Gasteiger partial charge in [0.15, 0.2) is 0 Å². The molecule has 3 nitrogen and oxygen atoms in total. The normalized spacial score (nSPS) is 27.5. The zero-order valence-electron chi connectivity index (χ0n) is 7.86. The minimum absolute atomic E-state index is 0.174. The average Bonchev–Trinajstić information content (AvgIpc) is 2.48. The smallest absolute Gasteiger partial charge is 0.315 e. The molecule has 0 unspecified atom stereocenters. The maximum Gasteiger partial charge on any atom is 0.315 e. The second-order valence-corrected chi connectivity index (χ2v) is 4.38. The molecule has 1 aliphatic carbocycles. The van der Waals surface area contributed by atoms with Crippen molar-refractivity contribution >= 4 is 17.7 Å². The Bertz CT molecular complexity index is 172. The van der Waals surface area contributed by atoms with Crippen LogP contribution in [0.2, 0.25) is 0 Å². The van der Waals surface area contributed by atoms with Crippen LogP contribution in [0.5, 0.6) is 0 Å². The molecule has 1 rings (SSSR count). The number of hydrogen-bond acceptors (Lipinski definition) is 4. The van der Waals surface area contributed by atoms with E-state index in [0.717, 1.165) is 19.3 Å². The van der Waals surface area contributed by atoms with Crippen LogP contribution in [0.4, 0.5) is 0 Å². The van der Waals surface area contributed by atoms with Crippen LogP contribution in [0, 0.1) is 0 Å². The molecule has 0 saturated heterocycles. The SMILES string of the molecule is CCOC(=O)CS[C@H]1CCC[C@@H]1O. The van der Waals surface area contributed by atoms with E-state index < -0.39 is 0 Å². The van der Waals surface area contributed by atoms with Gasteiger partial charge in [0.25, 0.3) is 0 Å².